The summed E-state index contributed by atoms with van der Waals surface area (Å²) in [6.07, 6.45) is 6.66. The molecule has 0 saturated heterocycles. The number of hydrogen-bond acceptors (Lipinski definition) is 4. The Morgan fingerprint density at radius 2 is 1.81 bits per heavy atom. The summed E-state index contributed by atoms with van der Waals surface area (Å²) in [6, 6.07) is 4.21. The number of nitrogens with one attached hydrogen (secondary N) is 1. The molecule has 144 valence electrons. The lowest BCUT2D eigenvalue weighted by Crippen LogP contribution is -2.64. The Hall–Kier alpha value is -0.780. The van der Waals surface area contributed by atoms with Crippen molar-refractivity contribution in [2.24, 2.45) is 11.8 Å². The molecule has 2 unspecified atom stereocenters. The maximum atomic E-state index is 10.9. The molecule has 1 aromatic carbocycles. The van der Waals surface area contributed by atoms with Crippen LogP contribution in [0.15, 0.2) is 16.6 Å². The highest BCUT2D eigenvalue weighted by Gasteiger charge is 2.56. The van der Waals surface area contributed by atoms with Gasteiger partial charge in [0.05, 0.1) is 23.3 Å². The molecule has 0 spiro atoms. The molecule has 4 nitrogen and oxygen atoms in total. The minimum Gasteiger partial charge on any atom is -0.490 e. The van der Waals surface area contributed by atoms with E-state index < -0.39 is 5.60 Å². The van der Waals surface area contributed by atoms with Gasteiger partial charge in [0, 0.05) is 12.1 Å². The van der Waals surface area contributed by atoms with Crippen molar-refractivity contribution in [3.8, 4) is 11.5 Å². The number of halogens is 1. The zero-order valence-electron chi connectivity index (χ0n) is 15.8. The Kier molecular flexibility index (Phi) is 4.99. The van der Waals surface area contributed by atoms with Crippen molar-refractivity contribution in [3.63, 3.8) is 0 Å². The molecule has 4 saturated carbocycles. The normalized spacial score (nSPS) is 34.9. The summed E-state index contributed by atoms with van der Waals surface area (Å²) in [5.41, 5.74) is 0.870. The monoisotopic (exact) mass is 423 g/mol. The number of rotatable bonds is 7. The first-order valence-electron chi connectivity index (χ1n) is 10.00. The first-order valence-corrected chi connectivity index (χ1v) is 10.8. The molecule has 1 aromatic rings. The number of ether oxygens (including phenoxy) is 2. The molecule has 0 amide bonds. The molecule has 4 bridgehead atoms. The lowest BCUT2D eigenvalue weighted by atomic mass is 9.51. The van der Waals surface area contributed by atoms with Gasteiger partial charge in [0.25, 0.3) is 0 Å². The second kappa shape index (κ2) is 6.99. The molecule has 0 aliphatic heterocycles. The van der Waals surface area contributed by atoms with Gasteiger partial charge in [-0.15, -0.1) is 0 Å². The molecule has 0 heterocycles. The fourth-order valence-corrected chi connectivity index (χ4v) is 6.59. The van der Waals surface area contributed by atoms with Crippen LogP contribution in [0.1, 0.15) is 57.9 Å². The van der Waals surface area contributed by atoms with Crippen molar-refractivity contribution < 1.29 is 14.6 Å². The summed E-state index contributed by atoms with van der Waals surface area (Å²) in [5, 5.41) is 14.8. The highest BCUT2D eigenvalue weighted by atomic mass is 79.9. The van der Waals surface area contributed by atoms with Crippen molar-refractivity contribution in [3.05, 3.63) is 22.2 Å². The fraction of sp³-hybridized carbons (Fsp3) is 0.714. The zero-order chi connectivity index (χ0) is 18.4. The van der Waals surface area contributed by atoms with E-state index >= 15 is 0 Å². The van der Waals surface area contributed by atoms with Crippen LogP contribution >= 0.6 is 15.9 Å². The molecular weight excluding hydrogens is 394 g/mol. The zero-order valence-corrected chi connectivity index (χ0v) is 17.4. The van der Waals surface area contributed by atoms with Gasteiger partial charge in [0.15, 0.2) is 11.5 Å². The predicted octanol–water partition coefficient (Wildman–Crippen LogP) is 4.42. The average Bonchev–Trinajstić information content (AvgIpc) is 2.54. The summed E-state index contributed by atoms with van der Waals surface area (Å²) in [7, 11) is 0. The number of benzene rings is 1. The summed E-state index contributed by atoms with van der Waals surface area (Å²) in [5.74, 6) is 2.96. The van der Waals surface area contributed by atoms with Crippen molar-refractivity contribution >= 4 is 15.9 Å². The molecule has 5 heteroatoms. The number of hydrogen-bond donors (Lipinski definition) is 2. The third-order valence-electron chi connectivity index (χ3n) is 6.36. The summed E-state index contributed by atoms with van der Waals surface area (Å²) in [4.78, 5) is 0. The smallest absolute Gasteiger partial charge is 0.175 e. The van der Waals surface area contributed by atoms with Crippen LogP contribution < -0.4 is 14.8 Å². The Labute approximate surface area is 164 Å². The minimum absolute atomic E-state index is 0.107. The first-order chi connectivity index (χ1) is 12.4. The van der Waals surface area contributed by atoms with Crippen LogP contribution in [0.3, 0.4) is 0 Å². The second-order valence-corrected chi connectivity index (χ2v) is 9.44. The Balaban J connectivity index is 1.51. The second-order valence-electron chi connectivity index (χ2n) is 8.59. The van der Waals surface area contributed by atoms with Crippen LogP contribution in [-0.4, -0.2) is 29.5 Å². The molecule has 4 aliphatic rings. The number of aliphatic hydroxyl groups is 1. The van der Waals surface area contributed by atoms with E-state index in [9.17, 15) is 5.11 Å². The van der Waals surface area contributed by atoms with E-state index in [-0.39, 0.29) is 5.54 Å². The molecule has 0 aromatic heterocycles. The van der Waals surface area contributed by atoms with Crippen LogP contribution in [0.4, 0.5) is 0 Å². The van der Waals surface area contributed by atoms with Gasteiger partial charge in [-0.3, -0.25) is 0 Å². The van der Waals surface area contributed by atoms with Gasteiger partial charge in [0.1, 0.15) is 0 Å². The molecular formula is C21H30BrNO3. The molecule has 5 rings (SSSR count). The lowest BCUT2D eigenvalue weighted by Gasteiger charge is -2.60. The van der Waals surface area contributed by atoms with Crippen molar-refractivity contribution in [1.29, 1.82) is 0 Å². The van der Waals surface area contributed by atoms with E-state index in [0.29, 0.717) is 25.0 Å². The van der Waals surface area contributed by atoms with Crippen molar-refractivity contribution in [2.45, 2.75) is 70.1 Å². The quantitative estimate of drug-likeness (QED) is 0.681. The van der Waals surface area contributed by atoms with Gasteiger partial charge in [0.2, 0.25) is 0 Å². The van der Waals surface area contributed by atoms with Crippen molar-refractivity contribution in [1.82, 2.24) is 5.32 Å². The summed E-state index contributed by atoms with van der Waals surface area (Å²) in [6.45, 7) is 5.99. The van der Waals surface area contributed by atoms with Gasteiger partial charge in [-0.2, -0.15) is 0 Å². The van der Waals surface area contributed by atoms with E-state index in [0.717, 1.165) is 41.8 Å². The van der Waals surface area contributed by atoms with Gasteiger partial charge < -0.3 is 19.9 Å². The van der Waals surface area contributed by atoms with Crippen LogP contribution in [0.2, 0.25) is 0 Å². The Bertz CT molecular complexity index is 663. The topological polar surface area (TPSA) is 50.7 Å². The molecule has 4 aliphatic carbocycles. The Morgan fingerprint density at radius 3 is 2.42 bits per heavy atom. The maximum Gasteiger partial charge on any atom is 0.175 e. The van der Waals surface area contributed by atoms with E-state index in [1.807, 2.05) is 13.8 Å². The lowest BCUT2D eigenvalue weighted by molar-refractivity contribution is -0.142. The SMILES string of the molecule is CCOc1cc(CNC23CC4CC(CC(O)(C4)C2)C3)cc(Br)c1OCC. The largest absolute Gasteiger partial charge is 0.490 e. The predicted molar refractivity (Wildman–Crippen MR) is 106 cm³/mol. The van der Waals surface area contributed by atoms with Gasteiger partial charge in [-0.25, -0.2) is 0 Å². The average molecular weight is 424 g/mol. The standard InChI is InChI=1S/C21H30BrNO3/c1-3-25-18-7-14(6-17(22)19(18)26-4-2)12-23-20-8-15-5-16(9-20)11-21(24,10-15)13-20/h6-7,15-16,23-24H,3-5,8-13H2,1-2H3. The Morgan fingerprint density at radius 1 is 1.12 bits per heavy atom. The fourth-order valence-electron chi connectivity index (χ4n) is 5.98. The van der Waals surface area contributed by atoms with E-state index in [1.54, 1.807) is 0 Å². The van der Waals surface area contributed by atoms with Crippen LogP contribution in [0.25, 0.3) is 0 Å². The molecule has 2 atom stereocenters. The molecule has 2 N–H and O–H groups in total. The van der Waals surface area contributed by atoms with Crippen LogP contribution in [-0.2, 0) is 6.54 Å². The maximum absolute atomic E-state index is 10.9. The summed E-state index contributed by atoms with van der Waals surface area (Å²) < 4.78 is 12.5. The van der Waals surface area contributed by atoms with Crippen molar-refractivity contribution in [2.75, 3.05) is 13.2 Å². The first kappa shape index (κ1) is 18.6. The molecule has 4 fully saturated rings. The van der Waals surface area contributed by atoms with Crippen LogP contribution in [0.5, 0.6) is 11.5 Å². The summed E-state index contributed by atoms with van der Waals surface area (Å²) >= 11 is 3.64. The highest BCUT2D eigenvalue weighted by Crippen LogP contribution is 2.57. The highest BCUT2D eigenvalue weighted by molar-refractivity contribution is 9.10. The minimum atomic E-state index is -0.424. The van der Waals surface area contributed by atoms with Gasteiger partial charge >= 0.3 is 0 Å². The van der Waals surface area contributed by atoms with E-state index in [4.69, 9.17) is 9.47 Å². The third kappa shape index (κ3) is 3.50. The van der Waals surface area contributed by atoms with Gasteiger partial charge in [-0.05, 0) is 97.8 Å². The van der Waals surface area contributed by atoms with E-state index in [1.165, 1.54) is 24.8 Å². The third-order valence-corrected chi connectivity index (χ3v) is 6.94. The molecule has 26 heavy (non-hydrogen) atoms. The van der Waals surface area contributed by atoms with Crippen LogP contribution in [0, 0.1) is 11.8 Å². The van der Waals surface area contributed by atoms with Gasteiger partial charge in [-0.1, -0.05) is 0 Å². The molecule has 0 radical (unpaired) electrons. The van der Waals surface area contributed by atoms with E-state index in [2.05, 4.69) is 33.4 Å².